The summed E-state index contributed by atoms with van der Waals surface area (Å²) in [7, 11) is 0. The van der Waals surface area contributed by atoms with Gasteiger partial charge in [-0.05, 0) is 18.2 Å². The second-order valence-electron chi connectivity index (χ2n) is 3.10. The summed E-state index contributed by atoms with van der Waals surface area (Å²) in [5.41, 5.74) is 0.459. The molecule has 1 rings (SSSR count). The van der Waals surface area contributed by atoms with E-state index in [0.717, 1.165) is 0 Å². The zero-order chi connectivity index (χ0) is 12.0. The minimum Gasteiger partial charge on any atom is -0.427 e. The van der Waals surface area contributed by atoms with Crippen LogP contribution in [0.5, 0.6) is 5.75 Å². The third-order valence-electron chi connectivity index (χ3n) is 1.76. The van der Waals surface area contributed by atoms with E-state index in [1.54, 1.807) is 18.2 Å². The summed E-state index contributed by atoms with van der Waals surface area (Å²) in [6.45, 7) is 1.81. The Morgan fingerprint density at radius 2 is 2.19 bits per heavy atom. The van der Waals surface area contributed by atoms with Crippen LogP contribution in [0.15, 0.2) is 24.3 Å². The molecule has 86 valence electrons. The first kappa shape index (κ1) is 12.6. The molecule has 16 heavy (non-hydrogen) atoms. The lowest BCUT2D eigenvalue weighted by molar-refractivity contribution is -0.131. The average molecular weight is 239 g/mol. The molecule has 0 saturated carbocycles. The van der Waals surface area contributed by atoms with Crippen molar-refractivity contribution in [2.75, 3.05) is 12.3 Å². The Morgan fingerprint density at radius 3 is 2.81 bits per heavy atom. The molecule has 0 bridgehead atoms. The summed E-state index contributed by atoms with van der Waals surface area (Å²) in [5, 5.41) is 2.67. The molecule has 0 aliphatic heterocycles. The Bertz CT molecular complexity index is 393. The van der Waals surface area contributed by atoms with Crippen molar-refractivity contribution in [3.05, 3.63) is 29.8 Å². The van der Waals surface area contributed by atoms with Crippen LogP contribution in [0.25, 0.3) is 0 Å². The first-order chi connectivity index (χ1) is 7.63. The third kappa shape index (κ3) is 3.94. The summed E-state index contributed by atoms with van der Waals surface area (Å²) >= 11 is 3.99. The molecule has 1 N–H and O–H groups in total. The number of rotatable bonds is 4. The van der Waals surface area contributed by atoms with E-state index in [9.17, 15) is 9.59 Å². The van der Waals surface area contributed by atoms with Crippen LogP contribution in [0.1, 0.15) is 17.3 Å². The average Bonchev–Trinajstić information content (AvgIpc) is 2.25. The summed E-state index contributed by atoms with van der Waals surface area (Å²) in [6.07, 6.45) is 0. The SMILES string of the molecule is CC(=O)Oc1cccc(C(=O)NCCS)c1. The van der Waals surface area contributed by atoms with Gasteiger partial charge in [-0.1, -0.05) is 6.07 Å². The lowest BCUT2D eigenvalue weighted by atomic mass is 10.2. The van der Waals surface area contributed by atoms with Gasteiger partial charge >= 0.3 is 5.97 Å². The fourth-order valence-electron chi connectivity index (χ4n) is 1.14. The smallest absolute Gasteiger partial charge is 0.308 e. The highest BCUT2D eigenvalue weighted by molar-refractivity contribution is 7.80. The number of hydrogen-bond donors (Lipinski definition) is 2. The Balaban J connectivity index is 2.73. The molecule has 0 aromatic heterocycles. The standard InChI is InChI=1S/C11H13NO3S/c1-8(13)15-10-4-2-3-9(7-10)11(14)12-5-6-16/h2-4,7,16H,5-6H2,1H3,(H,12,14). The van der Waals surface area contributed by atoms with E-state index in [1.807, 2.05) is 0 Å². The van der Waals surface area contributed by atoms with E-state index < -0.39 is 5.97 Å². The number of benzene rings is 1. The Hall–Kier alpha value is -1.49. The number of thiol groups is 1. The number of ether oxygens (including phenoxy) is 1. The van der Waals surface area contributed by atoms with Gasteiger partial charge in [0.1, 0.15) is 5.75 Å². The summed E-state index contributed by atoms with van der Waals surface area (Å²) < 4.78 is 4.88. The van der Waals surface area contributed by atoms with Gasteiger partial charge in [-0.2, -0.15) is 12.6 Å². The van der Waals surface area contributed by atoms with Crippen molar-refractivity contribution < 1.29 is 14.3 Å². The molecule has 1 aromatic carbocycles. The van der Waals surface area contributed by atoms with Gasteiger partial charge in [0.2, 0.25) is 0 Å². The second-order valence-corrected chi connectivity index (χ2v) is 3.55. The minimum atomic E-state index is -0.409. The van der Waals surface area contributed by atoms with Gasteiger partial charge in [-0.3, -0.25) is 9.59 Å². The summed E-state index contributed by atoms with van der Waals surface area (Å²) in [5.74, 6) is 0.331. The maximum atomic E-state index is 11.6. The number of nitrogens with one attached hydrogen (secondary N) is 1. The largest absolute Gasteiger partial charge is 0.427 e. The van der Waals surface area contributed by atoms with Gasteiger partial charge in [-0.15, -0.1) is 0 Å². The quantitative estimate of drug-likeness (QED) is 0.472. The molecule has 5 heteroatoms. The first-order valence-corrected chi connectivity index (χ1v) is 5.44. The zero-order valence-corrected chi connectivity index (χ0v) is 9.79. The molecule has 0 spiro atoms. The maximum Gasteiger partial charge on any atom is 0.308 e. The molecule has 0 atom stereocenters. The Labute approximate surface area is 99.4 Å². The van der Waals surface area contributed by atoms with Gasteiger partial charge < -0.3 is 10.1 Å². The zero-order valence-electron chi connectivity index (χ0n) is 8.90. The minimum absolute atomic E-state index is 0.206. The Kier molecular flexibility index (Phi) is 4.85. The van der Waals surface area contributed by atoms with E-state index >= 15 is 0 Å². The van der Waals surface area contributed by atoms with Crippen molar-refractivity contribution in [2.45, 2.75) is 6.92 Å². The number of carbonyl (C=O) groups excluding carboxylic acids is 2. The van der Waals surface area contributed by atoms with Crippen LogP contribution in [0.4, 0.5) is 0 Å². The topological polar surface area (TPSA) is 55.4 Å². The number of carbonyl (C=O) groups is 2. The molecule has 1 amide bonds. The second kappa shape index (κ2) is 6.17. The normalized spacial score (nSPS) is 9.62. The van der Waals surface area contributed by atoms with Crippen LogP contribution in [0, 0.1) is 0 Å². The highest BCUT2D eigenvalue weighted by Gasteiger charge is 2.06. The van der Waals surface area contributed by atoms with Crippen molar-refractivity contribution in [3.8, 4) is 5.75 Å². The molecule has 0 radical (unpaired) electrons. The monoisotopic (exact) mass is 239 g/mol. The first-order valence-electron chi connectivity index (χ1n) is 4.81. The van der Waals surface area contributed by atoms with E-state index in [2.05, 4.69) is 17.9 Å². The van der Waals surface area contributed by atoms with Crippen LogP contribution >= 0.6 is 12.6 Å². The maximum absolute atomic E-state index is 11.6. The lowest BCUT2D eigenvalue weighted by Gasteiger charge is -2.05. The predicted octanol–water partition coefficient (Wildman–Crippen LogP) is 1.27. The molecule has 4 nitrogen and oxygen atoms in total. The van der Waals surface area contributed by atoms with E-state index in [0.29, 0.717) is 23.6 Å². The number of amides is 1. The number of esters is 1. The fraction of sp³-hybridized carbons (Fsp3) is 0.273. The fourth-order valence-corrected chi connectivity index (χ4v) is 1.25. The van der Waals surface area contributed by atoms with E-state index in [-0.39, 0.29) is 5.91 Å². The van der Waals surface area contributed by atoms with Gasteiger partial charge in [0.05, 0.1) is 0 Å². The van der Waals surface area contributed by atoms with Crippen molar-refractivity contribution in [1.82, 2.24) is 5.32 Å². The van der Waals surface area contributed by atoms with Crippen LogP contribution < -0.4 is 10.1 Å². The van der Waals surface area contributed by atoms with Gasteiger partial charge in [0.15, 0.2) is 0 Å². The summed E-state index contributed by atoms with van der Waals surface area (Å²) in [6, 6.07) is 6.46. The molecular formula is C11H13NO3S. The third-order valence-corrected chi connectivity index (χ3v) is 1.98. The van der Waals surface area contributed by atoms with Crippen molar-refractivity contribution in [1.29, 1.82) is 0 Å². The van der Waals surface area contributed by atoms with E-state index in [4.69, 9.17) is 4.74 Å². The van der Waals surface area contributed by atoms with Gasteiger partial charge in [0, 0.05) is 24.8 Å². The van der Waals surface area contributed by atoms with Gasteiger partial charge in [-0.25, -0.2) is 0 Å². The molecule has 0 aliphatic rings. The van der Waals surface area contributed by atoms with Crippen LogP contribution in [0.2, 0.25) is 0 Å². The molecule has 0 saturated heterocycles. The highest BCUT2D eigenvalue weighted by Crippen LogP contribution is 2.13. The number of hydrogen-bond acceptors (Lipinski definition) is 4. The van der Waals surface area contributed by atoms with Crippen molar-refractivity contribution in [2.24, 2.45) is 0 Å². The van der Waals surface area contributed by atoms with Gasteiger partial charge in [0.25, 0.3) is 5.91 Å². The molecule has 0 fully saturated rings. The van der Waals surface area contributed by atoms with Crippen LogP contribution in [0.3, 0.4) is 0 Å². The van der Waals surface area contributed by atoms with Crippen molar-refractivity contribution in [3.63, 3.8) is 0 Å². The molecular weight excluding hydrogens is 226 g/mol. The molecule has 0 heterocycles. The lowest BCUT2D eigenvalue weighted by Crippen LogP contribution is -2.25. The Morgan fingerprint density at radius 1 is 1.44 bits per heavy atom. The van der Waals surface area contributed by atoms with Crippen molar-refractivity contribution >= 4 is 24.5 Å². The van der Waals surface area contributed by atoms with E-state index in [1.165, 1.54) is 13.0 Å². The predicted molar refractivity (Wildman–Crippen MR) is 63.9 cm³/mol. The molecule has 0 aliphatic carbocycles. The highest BCUT2D eigenvalue weighted by atomic mass is 32.1. The summed E-state index contributed by atoms with van der Waals surface area (Å²) in [4.78, 5) is 22.3. The van der Waals surface area contributed by atoms with Crippen LogP contribution in [-0.4, -0.2) is 24.2 Å². The molecule has 0 unspecified atom stereocenters. The van der Waals surface area contributed by atoms with Crippen LogP contribution in [-0.2, 0) is 4.79 Å². The molecule has 1 aromatic rings.